The van der Waals surface area contributed by atoms with Crippen LogP contribution in [-0.4, -0.2) is 15.7 Å². The molecule has 0 fully saturated rings. The van der Waals surface area contributed by atoms with Gasteiger partial charge in [0.1, 0.15) is 11.6 Å². The Kier molecular flexibility index (Phi) is 3.97. The van der Waals surface area contributed by atoms with Crippen molar-refractivity contribution in [1.82, 2.24) is 15.1 Å². The van der Waals surface area contributed by atoms with E-state index in [-0.39, 0.29) is 24.0 Å². The maximum Gasteiger partial charge on any atom is 0.272 e. The van der Waals surface area contributed by atoms with E-state index in [4.69, 9.17) is 4.42 Å². The van der Waals surface area contributed by atoms with Crippen LogP contribution in [0.3, 0.4) is 0 Å². The van der Waals surface area contributed by atoms with Crippen molar-refractivity contribution >= 4 is 5.91 Å². The number of carbonyl (C=O) groups excluding carboxylic acids is 1. The molecule has 0 aliphatic carbocycles. The number of aromatic nitrogens is 2. The monoisotopic (exact) mass is 313 g/mol. The molecule has 0 saturated heterocycles. The molecular formula is C17H16FN3O2. The van der Waals surface area contributed by atoms with E-state index in [2.05, 4.69) is 10.4 Å². The Bertz CT molecular complexity index is 838. The second-order valence-corrected chi connectivity index (χ2v) is 5.28. The van der Waals surface area contributed by atoms with Crippen molar-refractivity contribution in [3.63, 3.8) is 0 Å². The highest BCUT2D eigenvalue weighted by atomic mass is 19.1. The van der Waals surface area contributed by atoms with E-state index in [1.54, 1.807) is 43.6 Å². The molecule has 5 nitrogen and oxygen atoms in total. The fourth-order valence-electron chi connectivity index (χ4n) is 2.34. The van der Waals surface area contributed by atoms with Crippen LogP contribution in [0.4, 0.5) is 4.39 Å². The van der Waals surface area contributed by atoms with Crippen LogP contribution in [0.15, 0.2) is 47.1 Å². The number of hydrogen-bond acceptors (Lipinski definition) is 3. The number of nitrogens with one attached hydrogen (secondary N) is 1. The van der Waals surface area contributed by atoms with Gasteiger partial charge in [-0.1, -0.05) is 11.6 Å². The fraction of sp³-hybridized carbons (Fsp3) is 0.176. The van der Waals surface area contributed by atoms with Crippen molar-refractivity contribution in [2.45, 2.75) is 13.5 Å². The highest BCUT2D eigenvalue weighted by molar-refractivity contribution is 5.93. The molecule has 3 rings (SSSR count). The zero-order chi connectivity index (χ0) is 16.4. The number of carbonyl (C=O) groups is 1. The average Bonchev–Trinajstić information content (AvgIpc) is 3.17. The van der Waals surface area contributed by atoms with Gasteiger partial charge in [-0.25, -0.2) is 4.39 Å². The predicted octanol–water partition coefficient (Wildman–Crippen LogP) is 3.06. The van der Waals surface area contributed by atoms with Gasteiger partial charge >= 0.3 is 0 Å². The number of furan rings is 1. The first kappa shape index (κ1) is 15.0. The Labute approximate surface area is 132 Å². The minimum atomic E-state index is -0.346. The summed E-state index contributed by atoms with van der Waals surface area (Å²) in [6.07, 6.45) is 1.54. The summed E-state index contributed by atoms with van der Waals surface area (Å²) in [6.45, 7) is 2.16. The third-order valence-electron chi connectivity index (χ3n) is 3.51. The molecule has 6 heteroatoms. The van der Waals surface area contributed by atoms with Crippen molar-refractivity contribution in [2.75, 3.05) is 0 Å². The molecule has 1 aromatic carbocycles. The number of aryl methyl sites for hydroxylation is 2. The molecule has 0 radical (unpaired) electrons. The van der Waals surface area contributed by atoms with E-state index in [0.29, 0.717) is 17.0 Å². The summed E-state index contributed by atoms with van der Waals surface area (Å²) in [5, 5.41) is 6.88. The number of hydrogen-bond donors (Lipinski definition) is 1. The quantitative estimate of drug-likeness (QED) is 0.805. The van der Waals surface area contributed by atoms with Crippen LogP contribution < -0.4 is 5.32 Å². The van der Waals surface area contributed by atoms with E-state index in [0.717, 1.165) is 5.56 Å². The number of rotatable bonds is 4. The molecule has 0 saturated carbocycles. The Hall–Kier alpha value is -2.89. The maximum atomic E-state index is 14.0. The van der Waals surface area contributed by atoms with Gasteiger partial charge in [-0.3, -0.25) is 9.48 Å². The third kappa shape index (κ3) is 3.15. The standard InChI is InChI=1S/C17H16FN3O2/c1-11-5-6-14(18)13(8-11)16-9-15(20-21(16)2)17(22)19-10-12-4-3-7-23-12/h3-9H,10H2,1-2H3,(H,19,22). The third-order valence-corrected chi connectivity index (χ3v) is 3.51. The lowest BCUT2D eigenvalue weighted by Crippen LogP contribution is -2.23. The van der Waals surface area contributed by atoms with Gasteiger partial charge < -0.3 is 9.73 Å². The number of nitrogens with zero attached hydrogens (tertiary/aromatic N) is 2. The minimum absolute atomic E-state index is 0.231. The van der Waals surface area contributed by atoms with Gasteiger partial charge in [0.05, 0.1) is 18.5 Å². The lowest BCUT2D eigenvalue weighted by molar-refractivity contribution is 0.0942. The molecule has 0 bridgehead atoms. The maximum absolute atomic E-state index is 14.0. The Morgan fingerprint density at radius 3 is 2.91 bits per heavy atom. The van der Waals surface area contributed by atoms with Crippen LogP contribution in [0.25, 0.3) is 11.3 Å². The first-order chi connectivity index (χ1) is 11.0. The summed E-state index contributed by atoms with van der Waals surface area (Å²) in [4.78, 5) is 12.2. The van der Waals surface area contributed by atoms with E-state index in [1.807, 2.05) is 6.92 Å². The van der Waals surface area contributed by atoms with Crippen molar-refractivity contribution in [3.05, 3.63) is 65.5 Å². The van der Waals surface area contributed by atoms with Crippen molar-refractivity contribution in [3.8, 4) is 11.3 Å². The summed E-state index contributed by atoms with van der Waals surface area (Å²) in [5.74, 6) is -0.0308. The molecule has 118 valence electrons. The highest BCUT2D eigenvalue weighted by Gasteiger charge is 2.16. The van der Waals surface area contributed by atoms with Crippen molar-refractivity contribution in [2.24, 2.45) is 7.05 Å². The van der Waals surface area contributed by atoms with Gasteiger partial charge in [-0.05, 0) is 37.3 Å². The first-order valence-electron chi connectivity index (χ1n) is 7.16. The predicted molar refractivity (Wildman–Crippen MR) is 83.2 cm³/mol. The zero-order valence-electron chi connectivity index (χ0n) is 12.8. The normalized spacial score (nSPS) is 10.7. The number of halogens is 1. The minimum Gasteiger partial charge on any atom is -0.467 e. The summed E-state index contributed by atoms with van der Waals surface area (Å²) in [6, 6.07) is 9.94. The largest absolute Gasteiger partial charge is 0.467 e. The molecule has 0 spiro atoms. The molecular weight excluding hydrogens is 297 g/mol. The topological polar surface area (TPSA) is 60.1 Å². The van der Waals surface area contributed by atoms with Crippen molar-refractivity contribution in [1.29, 1.82) is 0 Å². The lowest BCUT2D eigenvalue weighted by Gasteiger charge is -2.04. The fourth-order valence-corrected chi connectivity index (χ4v) is 2.34. The average molecular weight is 313 g/mol. The summed E-state index contributed by atoms with van der Waals surface area (Å²) in [5.41, 5.74) is 2.14. The van der Waals surface area contributed by atoms with Crippen LogP contribution >= 0.6 is 0 Å². The number of benzene rings is 1. The van der Waals surface area contributed by atoms with E-state index >= 15 is 0 Å². The molecule has 2 heterocycles. The molecule has 1 amide bonds. The summed E-state index contributed by atoms with van der Waals surface area (Å²) in [7, 11) is 1.68. The van der Waals surface area contributed by atoms with Crippen LogP contribution in [0.2, 0.25) is 0 Å². The van der Waals surface area contributed by atoms with E-state index in [9.17, 15) is 9.18 Å². The summed E-state index contributed by atoms with van der Waals surface area (Å²) >= 11 is 0. The molecule has 0 unspecified atom stereocenters. The van der Waals surface area contributed by atoms with Gasteiger partial charge in [0, 0.05) is 12.6 Å². The second-order valence-electron chi connectivity index (χ2n) is 5.28. The van der Waals surface area contributed by atoms with Crippen molar-refractivity contribution < 1.29 is 13.6 Å². The molecule has 3 aromatic rings. The van der Waals surface area contributed by atoms with Gasteiger partial charge in [-0.15, -0.1) is 0 Å². The molecule has 1 N–H and O–H groups in total. The highest BCUT2D eigenvalue weighted by Crippen LogP contribution is 2.24. The van der Waals surface area contributed by atoms with Gasteiger partial charge in [-0.2, -0.15) is 5.10 Å². The first-order valence-corrected chi connectivity index (χ1v) is 7.16. The molecule has 2 aromatic heterocycles. The van der Waals surface area contributed by atoms with Crippen LogP contribution in [0, 0.1) is 12.7 Å². The van der Waals surface area contributed by atoms with Crippen LogP contribution in [-0.2, 0) is 13.6 Å². The lowest BCUT2D eigenvalue weighted by atomic mass is 10.1. The molecule has 23 heavy (non-hydrogen) atoms. The second kappa shape index (κ2) is 6.08. The van der Waals surface area contributed by atoms with Crippen LogP contribution in [0.1, 0.15) is 21.8 Å². The van der Waals surface area contributed by atoms with Gasteiger partial charge in [0.2, 0.25) is 0 Å². The smallest absolute Gasteiger partial charge is 0.272 e. The van der Waals surface area contributed by atoms with E-state index in [1.165, 1.54) is 10.7 Å². The Morgan fingerprint density at radius 2 is 2.17 bits per heavy atom. The Balaban J connectivity index is 1.83. The Morgan fingerprint density at radius 1 is 1.35 bits per heavy atom. The summed E-state index contributed by atoms with van der Waals surface area (Å²) < 4.78 is 20.7. The molecule has 0 aliphatic heterocycles. The molecule has 0 aliphatic rings. The van der Waals surface area contributed by atoms with Gasteiger partial charge in [0.25, 0.3) is 5.91 Å². The number of amides is 1. The van der Waals surface area contributed by atoms with Gasteiger partial charge in [0.15, 0.2) is 5.69 Å². The SMILES string of the molecule is Cc1ccc(F)c(-c2cc(C(=O)NCc3ccco3)nn2C)c1. The molecule has 0 atom stereocenters. The van der Waals surface area contributed by atoms with Crippen LogP contribution in [0.5, 0.6) is 0 Å². The van der Waals surface area contributed by atoms with E-state index < -0.39 is 0 Å². The zero-order valence-corrected chi connectivity index (χ0v) is 12.8.